The summed E-state index contributed by atoms with van der Waals surface area (Å²) in [5.74, 6) is 0.789. The number of anilines is 1. The fourth-order valence-corrected chi connectivity index (χ4v) is 3.84. The Labute approximate surface area is 193 Å². The van der Waals surface area contributed by atoms with Gasteiger partial charge in [0, 0.05) is 17.6 Å². The molecule has 1 heterocycles. The summed E-state index contributed by atoms with van der Waals surface area (Å²) in [6.45, 7) is 1.43. The number of hydrogen-bond donors (Lipinski definition) is 3. The first-order valence-corrected chi connectivity index (χ1v) is 10.9. The number of fused-ring (bicyclic) bond motifs is 1. The van der Waals surface area contributed by atoms with E-state index < -0.39 is 0 Å². The molecule has 1 aromatic heterocycles. The molecule has 0 aliphatic carbocycles. The first-order chi connectivity index (χ1) is 16.2. The number of nitrogens with zero attached hydrogens (tertiary/aromatic N) is 1. The quantitative estimate of drug-likeness (QED) is 0.314. The van der Waals surface area contributed by atoms with E-state index in [1.54, 1.807) is 20.4 Å². The average Bonchev–Trinajstić information content (AvgIpc) is 3.32. The maximum Gasteiger partial charge on any atom is 0.231 e. The molecular weight excluding hydrogens is 416 g/mol. The number of aromatic amines is 1. The SMILES string of the molecule is COc1ccc(C(CCNCc2ccccc2)C(=O)Nc2ccc3[nH]ncc3c2)cc1OC. The molecule has 0 saturated carbocycles. The maximum atomic E-state index is 13.4. The number of hydrogen-bond acceptors (Lipinski definition) is 5. The molecule has 1 unspecified atom stereocenters. The van der Waals surface area contributed by atoms with Crippen LogP contribution >= 0.6 is 0 Å². The topological polar surface area (TPSA) is 88.3 Å². The third-order valence-corrected chi connectivity index (χ3v) is 5.62. The fraction of sp³-hybridized carbons (Fsp3) is 0.231. The lowest BCUT2D eigenvalue weighted by Crippen LogP contribution is -2.25. The average molecular weight is 445 g/mol. The zero-order valence-corrected chi connectivity index (χ0v) is 18.8. The molecular formula is C26H28N4O3. The van der Waals surface area contributed by atoms with Gasteiger partial charge >= 0.3 is 0 Å². The Hall–Kier alpha value is -3.84. The number of H-pyrrole nitrogens is 1. The molecule has 0 saturated heterocycles. The smallest absolute Gasteiger partial charge is 0.231 e. The molecule has 0 aliphatic rings. The van der Waals surface area contributed by atoms with E-state index >= 15 is 0 Å². The van der Waals surface area contributed by atoms with Gasteiger partial charge in [0.1, 0.15) is 0 Å². The van der Waals surface area contributed by atoms with Gasteiger partial charge in [0.05, 0.1) is 31.9 Å². The minimum atomic E-state index is -0.367. The molecule has 7 heteroatoms. The van der Waals surface area contributed by atoms with Gasteiger partial charge < -0.3 is 20.1 Å². The van der Waals surface area contributed by atoms with E-state index in [9.17, 15) is 4.79 Å². The molecule has 1 amide bonds. The number of rotatable bonds is 10. The van der Waals surface area contributed by atoms with Crippen molar-refractivity contribution in [2.75, 3.05) is 26.1 Å². The summed E-state index contributed by atoms with van der Waals surface area (Å²) in [6.07, 6.45) is 2.37. The van der Waals surface area contributed by atoms with Crippen LogP contribution in [0.15, 0.2) is 72.9 Å². The summed E-state index contributed by atoms with van der Waals surface area (Å²) in [5.41, 5.74) is 3.74. The third-order valence-electron chi connectivity index (χ3n) is 5.62. The Morgan fingerprint density at radius 1 is 1.00 bits per heavy atom. The molecule has 0 bridgehead atoms. The summed E-state index contributed by atoms with van der Waals surface area (Å²) < 4.78 is 10.8. The van der Waals surface area contributed by atoms with Gasteiger partial charge in [-0.05, 0) is 54.4 Å². The molecule has 1 atom stereocenters. The number of carbonyl (C=O) groups excluding carboxylic acids is 1. The summed E-state index contributed by atoms with van der Waals surface area (Å²) in [7, 11) is 3.19. The van der Waals surface area contributed by atoms with Crippen molar-refractivity contribution in [2.24, 2.45) is 0 Å². The van der Waals surface area contributed by atoms with Crippen LogP contribution in [-0.2, 0) is 11.3 Å². The van der Waals surface area contributed by atoms with Crippen molar-refractivity contribution >= 4 is 22.5 Å². The first-order valence-electron chi connectivity index (χ1n) is 10.9. The molecule has 0 aliphatic heterocycles. The van der Waals surface area contributed by atoms with E-state index in [0.717, 1.165) is 28.7 Å². The lowest BCUT2D eigenvalue weighted by molar-refractivity contribution is -0.117. The Kier molecular flexibility index (Phi) is 7.22. The largest absolute Gasteiger partial charge is 0.493 e. The molecule has 0 fully saturated rings. The van der Waals surface area contributed by atoms with Crippen LogP contribution in [0, 0.1) is 0 Å². The van der Waals surface area contributed by atoms with Gasteiger partial charge in [0.2, 0.25) is 5.91 Å². The van der Waals surface area contributed by atoms with E-state index in [4.69, 9.17) is 9.47 Å². The molecule has 4 rings (SSSR count). The highest BCUT2D eigenvalue weighted by Crippen LogP contribution is 2.32. The molecule has 7 nitrogen and oxygen atoms in total. The van der Waals surface area contributed by atoms with Gasteiger partial charge in [0.15, 0.2) is 11.5 Å². The van der Waals surface area contributed by atoms with Crippen LogP contribution in [0.3, 0.4) is 0 Å². The number of ether oxygens (including phenoxy) is 2. The maximum absolute atomic E-state index is 13.4. The second-order valence-corrected chi connectivity index (χ2v) is 7.78. The molecule has 3 aromatic carbocycles. The van der Waals surface area contributed by atoms with E-state index in [1.807, 2.05) is 54.6 Å². The highest BCUT2D eigenvalue weighted by molar-refractivity contribution is 5.97. The molecule has 3 N–H and O–H groups in total. The summed E-state index contributed by atoms with van der Waals surface area (Å²) in [4.78, 5) is 13.4. The van der Waals surface area contributed by atoms with Gasteiger partial charge in [-0.3, -0.25) is 9.89 Å². The molecule has 33 heavy (non-hydrogen) atoms. The number of benzene rings is 3. The second-order valence-electron chi connectivity index (χ2n) is 7.78. The minimum absolute atomic E-state index is 0.0772. The summed E-state index contributed by atoms with van der Waals surface area (Å²) in [5, 5.41) is 14.4. The molecule has 4 aromatic rings. The van der Waals surface area contributed by atoms with Crippen LogP contribution in [0.2, 0.25) is 0 Å². The third kappa shape index (κ3) is 5.51. The van der Waals surface area contributed by atoms with Gasteiger partial charge in [0.25, 0.3) is 0 Å². The second kappa shape index (κ2) is 10.7. The van der Waals surface area contributed by atoms with Crippen LogP contribution in [0.5, 0.6) is 11.5 Å². The fourth-order valence-electron chi connectivity index (χ4n) is 3.84. The van der Waals surface area contributed by atoms with Crippen LogP contribution in [0.25, 0.3) is 10.9 Å². The zero-order chi connectivity index (χ0) is 23.0. The monoisotopic (exact) mass is 444 g/mol. The van der Waals surface area contributed by atoms with Crippen molar-refractivity contribution in [3.63, 3.8) is 0 Å². The van der Waals surface area contributed by atoms with Crippen molar-refractivity contribution < 1.29 is 14.3 Å². The van der Waals surface area contributed by atoms with E-state index in [-0.39, 0.29) is 11.8 Å². The van der Waals surface area contributed by atoms with E-state index in [1.165, 1.54) is 5.56 Å². The van der Waals surface area contributed by atoms with Gasteiger partial charge in [-0.15, -0.1) is 0 Å². The Bertz CT molecular complexity index is 1210. The highest BCUT2D eigenvalue weighted by Gasteiger charge is 2.22. The Balaban J connectivity index is 1.51. The predicted molar refractivity (Wildman–Crippen MR) is 130 cm³/mol. The van der Waals surface area contributed by atoms with Gasteiger partial charge in [-0.2, -0.15) is 5.10 Å². The predicted octanol–water partition coefficient (Wildman–Crippen LogP) is 4.48. The molecule has 170 valence electrons. The number of amides is 1. The lowest BCUT2D eigenvalue weighted by Gasteiger charge is -2.19. The van der Waals surface area contributed by atoms with Gasteiger partial charge in [-0.1, -0.05) is 36.4 Å². The number of aromatic nitrogens is 2. The lowest BCUT2D eigenvalue weighted by atomic mass is 9.94. The Morgan fingerprint density at radius 2 is 1.82 bits per heavy atom. The van der Waals surface area contributed by atoms with Crippen LogP contribution in [-0.4, -0.2) is 36.9 Å². The van der Waals surface area contributed by atoms with Crippen LogP contribution < -0.4 is 20.1 Å². The summed E-state index contributed by atoms with van der Waals surface area (Å²) >= 11 is 0. The van der Waals surface area contributed by atoms with Crippen molar-refractivity contribution in [1.82, 2.24) is 15.5 Å². The van der Waals surface area contributed by atoms with Crippen molar-refractivity contribution in [1.29, 1.82) is 0 Å². The summed E-state index contributed by atoms with van der Waals surface area (Å²) in [6, 6.07) is 21.5. The van der Waals surface area contributed by atoms with Crippen molar-refractivity contribution in [3.05, 3.63) is 84.1 Å². The van der Waals surface area contributed by atoms with Gasteiger partial charge in [-0.25, -0.2) is 0 Å². The minimum Gasteiger partial charge on any atom is -0.493 e. The molecule has 0 spiro atoms. The highest BCUT2D eigenvalue weighted by atomic mass is 16.5. The number of carbonyl (C=O) groups is 1. The normalized spacial score (nSPS) is 11.8. The van der Waals surface area contributed by atoms with Crippen molar-refractivity contribution in [2.45, 2.75) is 18.9 Å². The number of methoxy groups -OCH3 is 2. The standard InChI is InChI=1S/C26H28N4O3/c1-32-24-11-8-19(15-25(24)33-2)22(12-13-27-16-18-6-4-3-5-7-18)26(31)29-21-9-10-23-20(14-21)17-28-30-23/h3-11,14-15,17,22,27H,12-13,16H2,1-2H3,(H,28,30)(H,29,31). The van der Waals surface area contributed by atoms with E-state index in [0.29, 0.717) is 24.5 Å². The van der Waals surface area contributed by atoms with Crippen molar-refractivity contribution in [3.8, 4) is 11.5 Å². The first kappa shape index (κ1) is 22.4. The Morgan fingerprint density at radius 3 is 2.61 bits per heavy atom. The zero-order valence-electron chi connectivity index (χ0n) is 18.8. The van der Waals surface area contributed by atoms with Crippen LogP contribution in [0.1, 0.15) is 23.5 Å². The number of nitrogens with one attached hydrogen (secondary N) is 3. The van der Waals surface area contributed by atoms with Crippen LogP contribution in [0.4, 0.5) is 5.69 Å². The van der Waals surface area contributed by atoms with E-state index in [2.05, 4.69) is 33.0 Å². The molecule has 0 radical (unpaired) electrons.